The van der Waals surface area contributed by atoms with Crippen molar-refractivity contribution in [1.29, 1.82) is 0 Å². The van der Waals surface area contributed by atoms with E-state index in [1.54, 1.807) is 53.1 Å². The molecule has 4 rings (SSSR count). The van der Waals surface area contributed by atoms with E-state index in [1.807, 2.05) is 30.3 Å². The van der Waals surface area contributed by atoms with Crippen molar-refractivity contribution in [3.63, 3.8) is 0 Å². The van der Waals surface area contributed by atoms with Crippen LogP contribution in [0.4, 0.5) is 0 Å². The summed E-state index contributed by atoms with van der Waals surface area (Å²) in [7, 11) is 0. The third-order valence-corrected chi connectivity index (χ3v) is 5.86. The lowest BCUT2D eigenvalue weighted by molar-refractivity contribution is 0.0697. The summed E-state index contributed by atoms with van der Waals surface area (Å²) < 4.78 is 2.49. The number of aromatic nitrogens is 3. The van der Waals surface area contributed by atoms with Crippen LogP contribution in [0.5, 0.6) is 0 Å². The molecule has 0 aliphatic rings. The average Bonchev–Trinajstić information content (AvgIpc) is 3.18. The molecule has 0 unspecified atom stereocenters. The summed E-state index contributed by atoms with van der Waals surface area (Å²) in [5.74, 6) is -0.460. The highest BCUT2D eigenvalue weighted by atomic mass is 16.4. The molecule has 1 aromatic heterocycles. The van der Waals surface area contributed by atoms with Gasteiger partial charge in [0.25, 0.3) is 5.91 Å². The molecule has 0 bridgehead atoms. The van der Waals surface area contributed by atoms with Gasteiger partial charge in [0.15, 0.2) is 0 Å². The van der Waals surface area contributed by atoms with Crippen LogP contribution in [-0.2, 0) is 13.0 Å². The van der Waals surface area contributed by atoms with E-state index in [-0.39, 0.29) is 12.1 Å². The van der Waals surface area contributed by atoms with E-state index >= 15 is 0 Å². The lowest BCUT2D eigenvalue weighted by Crippen LogP contribution is -2.30. The highest BCUT2D eigenvalue weighted by molar-refractivity contribution is 5.96. The standard InChI is InChI=1S/C28H27N3O4/c1-19(2)12-17-25-29-31(26(32)22-8-4-3-5-9-22)28(35)30(25)18-20-13-15-21(16-14-20)23-10-6-7-11-24(23)27(33)34/h3-11,13-16,19H,12,17-18H2,1-2H3,(H,33,34). The van der Waals surface area contributed by atoms with Gasteiger partial charge in [0, 0.05) is 12.0 Å². The van der Waals surface area contributed by atoms with E-state index in [0.717, 1.165) is 22.2 Å². The normalized spacial score (nSPS) is 11.1. The maximum atomic E-state index is 13.2. The lowest BCUT2D eigenvalue weighted by Gasteiger charge is -2.09. The van der Waals surface area contributed by atoms with Gasteiger partial charge in [-0.3, -0.25) is 9.36 Å². The van der Waals surface area contributed by atoms with E-state index in [4.69, 9.17) is 0 Å². The second-order valence-electron chi connectivity index (χ2n) is 8.85. The van der Waals surface area contributed by atoms with Gasteiger partial charge in [-0.15, -0.1) is 9.78 Å². The Hall–Kier alpha value is -4.26. The second kappa shape index (κ2) is 10.3. The zero-order chi connectivity index (χ0) is 24.9. The first-order valence-electron chi connectivity index (χ1n) is 11.5. The van der Waals surface area contributed by atoms with Crippen molar-refractivity contribution in [2.24, 2.45) is 5.92 Å². The predicted octanol–water partition coefficient (Wildman–Crippen LogP) is 4.74. The fourth-order valence-electron chi connectivity index (χ4n) is 3.93. The number of benzene rings is 3. The fraction of sp³-hybridized carbons (Fsp3) is 0.214. The Morgan fingerprint density at radius 1 is 0.914 bits per heavy atom. The Morgan fingerprint density at radius 3 is 2.23 bits per heavy atom. The van der Waals surface area contributed by atoms with Crippen LogP contribution in [0, 0.1) is 5.92 Å². The Kier molecular flexibility index (Phi) is 7.06. The topological polar surface area (TPSA) is 94.2 Å². The molecular formula is C28H27N3O4. The van der Waals surface area contributed by atoms with Crippen LogP contribution in [0.25, 0.3) is 11.1 Å². The van der Waals surface area contributed by atoms with Crippen LogP contribution >= 0.6 is 0 Å². The highest BCUT2D eigenvalue weighted by Crippen LogP contribution is 2.24. The number of aryl methyl sites for hydroxylation is 1. The van der Waals surface area contributed by atoms with Gasteiger partial charge in [0.2, 0.25) is 0 Å². The monoisotopic (exact) mass is 469 g/mol. The number of carbonyl (C=O) groups is 2. The molecule has 1 N–H and O–H groups in total. The van der Waals surface area contributed by atoms with Crippen LogP contribution in [0.1, 0.15) is 52.4 Å². The summed E-state index contributed by atoms with van der Waals surface area (Å²) in [5.41, 5.74) is 2.40. The van der Waals surface area contributed by atoms with E-state index in [9.17, 15) is 19.5 Å². The quantitative estimate of drug-likeness (QED) is 0.402. The number of carbonyl (C=O) groups excluding carboxylic acids is 1. The van der Waals surface area contributed by atoms with Gasteiger partial charge in [-0.25, -0.2) is 9.59 Å². The number of nitrogens with zero attached hydrogens (tertiary/aromatic N) is 3. The SMILES string of the molecule is CC(C)CCc1nn(C(=O)c2ccccc2)c(=O)n1Cc1ccc(-c2ccccc2C(=O)O)cc1. The Balaban J connectivity index is 1.66. The minimum Gasteiger partial charge on any atom is -0.478 e. The minimum atomic E-state index is -0.985. The number of aromatic carboxylic acids is 1. The maximum Gasteiger partial charge on any atom is 0.353 e. The lowest BCUT2D eigenvalue weighted by atomic mass is 9.99. The van der Waals surface area contributed by atoms with Crippen LogP contribution in [0.3, 0.4) is 0 Å². The summed E-state index contributed by atoms with van der Waals surface area (Å²) in [5, 5.41) is 13.9. The molecule has 7 heteroatoms. The molecule has 1 heterocycles. The van der Waals surface area contributed by atoms with Crippen molar-refractivity contribution < 1.29 is 14.7 Å². The number of carboxylic acid groups (broad SMARTS) is 1. The van der Waals surface area contributed by atoms with E-state index in [0.29, 0.717) is 29.3 Å². The summed E-state index contributed by atoms with van der Waals surface area (Å²) in [6.07, 6.45) is 1.41. The molecule has 7 nitrogen and oxygen atoms in total. The van der Waals surface area contributed by atoms with Crippen molar-refractivity contribution >= 4 is 11.9 Å². The van der Waals surface area contributed by atoms with Gasteiger partial charge in [-0.2, -0.15) is 0 Å². The molecule has 0 atom stereocenters. The first-order chi connectivity index (χ1) is 16.8. The third-order valence-electron chi connectivity index (χ3n) is 5.86. The Labute approximate surface area is 203 Å². The van der Waals surface area contributed by atoms with Crippen LogP contribution in [0.15, 0.2) is 83.7 Å². The molecule has 0 spiro atoms. The van der Waals surface area contributed by atoms with Crippen LogP contribution in [-0.4, -0.2) is 31.3 Å². The van der Waals surface area contributed by atoms with Gasteiger partial charge < -0.3 is 5.11 Å². The predicted molar refractivity (Wildman–Crippen MR) is 134 cm³/mol. The number of rotatable bonds is 8. The molecule has 0 saturated heterocycles. The van der Waals surface area contributed by atoms with Crippen molar-refractivity contribution in [3.8, 4) is 11.1 Å². The molecule has 3 aromatic carbocycles. The van der Waals surface area contributed by atoms with Crippen LogP contribution < -0.4 is 5.69 Å². The van der Waals surface area contributed by atoms with Crippen molar-refractivity contribution in [1.82, 2.24) is 14.3 Å². The molecule has 178 valence electrons. The van der Waals surface area contributed by atoms with Gasteiger partial charge in [-0.1, -0.05) is 74.5 Å². The molecule has 0 fully saturated rings. The van der Waals surface area contributed by atoms with E-state index in [2.05, 4.69) is 18.9 Å². The summed E-state index contributed by atoms with van der Waals surface area (Å²) in [6, 6.07) is 22.9. The molecule has 0 aliphatic carbocycles. The smallest absolute Gasteiger partial charge is 0.353 e. The van der Waals surface area contributed by atoms with Crippen molar-refractivity contribution in [2.45, 2.75) is 33.2 Å². The largest absolute Gasteiger partial charge is 0.478 e. The first kappa shape index (κ1) is 23.9. The van der Waals surface area contributed by atoms with Gasteiger partial charge in [0.05, 0.1) is 12.1 Å². The molecule has 0 saturated carbocycles. The average molecular weight is 470 g/mol. The molecule has 35 heavy (non-hydrogen) atoms. The Bertz CT molecular complexity index is 1400. The number of hydrogen-bond acceptors (Lipinski definition) is 4. The van der Waals surface area contributed by atoms with Crippen LogP contribution in [0.2, 0.25) is 0 Å². The first-order valence-corrected chi connectivity index (χ1v) is 11.5. The number of hydrogen-bond donors (Lipinski definition) is 1. The molecule has 0 radical (unpaired) electrons. The summed E-state index contributed by atoms with van der Waals surface area (Å²) >= 11 is 0. The highest BCUT2D eigenvalue weighted by Gasteiger charge is 2.20. The fourth-order valence-corrected chi connectivity index (χ4v) is 3.93. The zero-order valence-electron chi connectivity index (χ0n) is 19.7. The molecular weight excluding hydrogens is 442 g/mol. The van der Waals surface area contributed by atoms with E-state index < -0.39 is 17.6 Å². The third kappa shape index (κ3) is 5.30. The van der Waals surface area contributed by atoms with Crippen molar-refractivity contribution in [2.75, 3.05) is 0 Å². The summed E-state index contributed by atoms with van der Waals surface area (Å²) in [6.45, 7) is 4.46. The van der Waals surface area contributed by atoms with Gasteiger partial charge >= 0.3 is 11.7 Å². The second-order valence-corrected chi connectivity index (χ2v) is 8.85. The summed E-state index contributed by atoms with van der Waals surface area (Å²) in [4.78, 5) is 37.8. The maximum absolute atomic E-state index is 13.2. The molecule has 0 aliphatic heterocycles. The van der Waals surface area contributed by atoms with Crippen molar-refractivity contribution in [3.05, 3.63) is 112 Å². The molecule has 0 amide bonds. The Morgan fingerprint density at radius 2 is 1.57 bits per heavy atom. The zero-order valence-corrected chi connectivity index (χ0v) is 19.7. The minimum absolute atomic E-state index is 0.230. The van der Waals surface area contributed by atoms with Gasteiger partial charge in [-0.05, 0) is 47.2 Å². The van der Waals surface area contributed by atoms with Gasteiger partial charge in [0.1, 0.15) is 5.82 Å². The molecule has 4 aromatic rings. The number of carboxylic acids is 1. The van der Waals surface area contributed by atoms with E-state index in [1.165, 1.54) is 0 Å².